The van der Waals surface area contributed by atoms with Gasteiger partial charge in [-0.2, -0.15) is 26.3 Å². The highest BCUT2D eigenvalue weighted by atomic mass is 32.2. The molecule has 0 amide bonds. The summed E-state index contributed by atoms with van der Waals surface area (Å²) in [6, 6.07) is 4.82. The number of alkyl halides is 7. The predicted molar refractivity (Wildman–Crippen MR) is 82.3 cm³/mol. The molecule has 0 N–H and O–H groups in total. The summed E-state index contributed by atoms with van der Waals surface area (Å²) in [7, 11) is -3.88. The molecule has 0 saturated carbocycles. The standard InChI is InChI=1S/C16H12F7NO2S/c1-2-27(25,26)12-7-4-8-24-13(12)10-5-3-6-11(9-10)14(17,15(18,19)20)16(21,22)23/h3-9H,2H2,1H3. The monoisotopic (exact) mass is 415 g/mol. The molecular formula is C16H12F7NO2S. The molecule has 1 aromatic heterocycles. The number of benzene rings is 1. The Morgan fingerprint density at radius 1 is 0.926 bits per heavy atom. The van der Waals surface area contributed by atoms with Crippen molar-refractivity contribution in [3.63, 3.8) is 0 Å². The van der Waals surface area contributed by atoms with E-state index in [2.05, 4.69) is 4.98 Å². The van der Waals surface area contributed by atoms with Crippen LogP contribution in [0.25, 0.3) is 11.3 Å². The maximum Gasteiger partial charge on any atom is 0.435 e. The Kier molecular flexibility index (Phi) is 5.30. The number of hydrogen-bond acceptors (Lipinski definition) is 3. The fraction of sp³-hybridized carbons (Fsp3) is 0.312. The second-order valence-corrected chi connectivity index (χ2v) is 7.74. The fourth-order valence-electron chi connectivity index (χ4n) is 2.38. The van der Waals surface area contributed by atoms with E-state index in [9.17, 15) is 39.2 Å². The lowest BCUT2D eigenvalue weighted by atomic mass is 9.92. The lowest BCUT2D eigenvalue weighted by molar-refractivity contribution is -0.348. The van der Waals surface area contributed by atoms with Gasteiger partial charge in [-0.25, -0.2) is 12.8 Å². The van der Waals surface area contributed by atoms with Crippen LogP contribution in [0.1, 0.15) is 12.5 Å². The number of halogens is 7. The lowest BCUT2D eigenvalue weighted by Gasteiger charge is -2.30. The van der Waals surface area contributed by atoms with Crippen LogP contribution in [0.5, 0.6) is 0 Å². The van der Waals surface area contributed by atoms with E-state index in [4.69, 9.17) is 0 Å². The van der Waals surface area contributed by atoms with Crippen LogP contribution in [-0.4, -0.2) is 31.5 Å². The van der Waals surface area contributed by atoms with Gasteiger partial charge in [-0.1, -0.05) is 25.1 Å². The SMILES string of the molecule is CCS(=O)(=O)c1cccnc1-c1cccc(C(F)(C(F)(F)F)C(F)(F)F)c1. The zero-order chi connectivity index (χ0) is 20.7. The van der Waals surface area contributed by atoms with Gasteiger partial charge in [0.15, 0.2) is 9.84 Å². The van der Waals surface area contributed by atoms with Crippen molar-refractivity contribution in [2.75, 3.05) is 5.75 Å². The van der Waals surface area contributed by atoms with Crippen molar-refractivity contribution in [2.24, 2.45) is 0 Å². The molecule has 11 heteroatoms. The number of aromatic nitrogens is 1. The molecule has 0 aliphatic rings. The van der Waals surface area contributed by atoms with Crippen LogP contribution in [0.2, 0.25) is 0 Å². The third-order valence-corrected chi connectivity index (χ3v) is 5.56. The minimum atomic E-state index is -6.27. The number of pyridine rings is 1. The molecule has 0 bridgehead atoms. The number of sulfone groups is 1. The summed E-state index contributed by atoms with van der Waals surface area (Å²) in [5.74, 6) is -0.371. The summed E-state index contributed by atoms with van der Waals surface area (Å²) in [5, 5.41) is 0. The minimum Gasteiger partial charge on any atom is -0.255 e. The van der Waals surface area contributed by atoms with E-state index in [1.54, 1.807) is 0 Å². The van der Waals surface area contributed by atoms with Gasteiger partial charge in [-0.05, 0) is 18.2 Å². The fourth-order valence-corrected chi connectivity index (χ4v) is 3.44. The molecule has 2 aromatic rings. The molecule has 0 saturated heterocycles. The van der Waals surface area contributed by atoms with E-state index >= 15 is 0 Å². The minimum absolute atomic E-state index is 0.304. The van der Waals surface area contributed by atoms with Crippen LogP contribution in [0.4, 0.5) is 30.7 Å². The van der Waals surface area contributed by atoms with Crippen LogP contribution >= 0.6 is 0 Å². The van der Waals surface area contributed by atoms with Crippen LogP contribution < -0.4 is 0 Å². The first-order valence-electron chi connectivity index (χ1n) is 7.36. The van der Waals surface area contributed by atoms with Crippen LogP contribution in [-0.2, 0) is 15.5 Å². The highest BCUT2D eigenvalue weighted by Gasteiger charge is 2.73. The van der Waals surface area contributed by atoms with Gasteiger partial charge in [-0.3, -0.25) is 4.98 Å². The van der Waals surface area contributed by atoms with Crippen LogP contribution in [0.3, 0.4) is 0 Å². The molecule has 1 aromatic carbocycles. The average Bonchev–Trinajstić information content (AvgIpc) is 2.59. The first-order chi connectivity index (χ1) is 12.3. The summed E-state index contributed by atoms with van der Waals surface area (Å²) < 4.78 is 116. The molecule has 0 spiro atoms. The van der Waals surface area contributed by atoms with E-state index in [1.807, 2.05) is 0 Å². The lowest BCUT2D eigenvalue weighted by Crippen LogP contribution is -2.50. The summed E-state index contributed by atoms with van der Waals surface area (Å²) in [4.78, 5) is 3.37. The normalized spacial score (nSPS) is 13.6. The Hall–Kier alpha value is -2.17. The molecule has 1 heterocycles. The van der Waals surface area contributed by atoms with Gasteiger partial charge < -0.3 is 0 Å². The first-order valence-corrected chi connectivity index (χ1v) is 9.02. The zero-order valence-electron chi connectivity index (χ0n) is 13.6. The summed E-state index contributed by atoms with van der Waals surface area (Å²) in [6.45, 7) is 1.31. The predicted octanol–water partition coefficient (Wildman–Crippen LogP) is 4.83. The Labute approximate surface area is 149 Å². The van der Waals surface area contributed by atoms with Gasteiger partial charge in [0.25, 0.3) is 0 Å². The van der Waals surface area contributed by atoms with Gasteiger partial charge in [0.1, 0.15) is 0 Å². The molecule has 0 unspecified atom stereocenters. The van der Waals surface area contributed by atoms with Crippen molar-refractivity contribution < 1.29 is 39.2 Å². The summed E-state index contributed by atoms with van der Waals surface area (Å²) in [6.07, 6.45) is -11.4. The molecule has 27 heavy (non-hydrogen) atoms. The molecule has 0 atom stereocenters. The Morgan fingerprint density at radius 3 is 2.04 bits per heavy atom. The van der Waals surface area contributed by atoms with E-state index in [0.717, 1.165) is 24.4 Å². The van der Waals surface area contributed by atoms with E-state index < -0.39 is 39.0 Å². The average molecular weight is 415 g/mol. The molecular weight excluding hydrogens is 403 g/mol. The third-order valence-electron chi connectivity index (χ3n) is 3.80. The topological polar surface area (TPSA) is 47.0 Å². The smallest absolute Gasteiger partial charge is 0.255 e. The Morgan fingerprint density at radius 2 is 1.52 bits per heavy atom. The second kappa shape index (κ2) is 6.77. The van der Waals surface area contributed by atoms with E-state index in [1.165, 1.54) is 13.0 Å². The molecule has 0 aliphatic heterocycles. The summed E-state index contributed by atoms with van der Waals surface area (Å²) >= 11 is 0. The second-order valence-electron chi connectivity index (χ2n) is 5.49. The van der Waals surface area contributed by atoms with Gasteiger partial charge in [-0.15, -0.1) is 0 Å². The van der Waals surface area contributed by atoms with E-state index in [-0.39, 0.29) is 16.3 Å². The number of nitrogens with zero attached hydrogens (tertiary/aromatic N) is 1. The molecule has 2 rings (SSSR count). The highest BCUT2D eigenvalue weighted by Crippen LogP contribution is 2.53. The number of hydrogen-bond donors (Lipinski definition) is 0. The van der Waals surface area contributed by atoms with Crippen molar-refractivity contribution >= 4 is 9.84 Å². The number of rotatable bonds is 4. The van der Waals surface area contributed by atoms with Gasteiger partial charge in [0.2, 0.25) is 0 Å². The molecule has 3 nitrogen and oxygen atoms in total. The third kappa shape index (κ3) is 3.64. The Balaban J connectivity index is 2.74. The van der Waals surface area contributed by atoms with Crippen molar-refractivity contribution in [1.82, 2.24) is 4.98 Å². The van der Waals surface area contributed by atoms with Gasteiger partial charge in [0.05, 0.1) is 16.3 Å². The van der Waals surface area contributed by atoms with E-state index in [0.29, 0.717) is 12.1 Å². The highest BCUT2D eigenvalue weighted by molar-refractivity contribution is 7.91. The molecule has 0 aliphatic carbocycles. The quantitative estimate of drug-likeness (QED) is 0.672. The molecule has 0 fully saturated rings. The largest absolute Gasteiger partial charge is 0.435 e. The van der Waals surface area contributed by atoms with Gasteiger partial charge >= 0.3 is 18.0 Å². The summed E-state index contributed by atoms with van der Waals surface area (Å²) in [5.41, 5.74) is -8.09. The zero-order valence-corrected chi connectivity index (χ0v) is 14.4. The maximum absolute atomic E-state index is 14.2. The molecule has 148 valence electrons. The van der Waals surface area contributed by atoms with Crippen molar-refractivity contribution in [2.45, 2.75) is 29.8 Å². The first kappa shape index (κ1) is 21.1. The van der Waals surface area contributed by atoms with Crippen molar-refractivity contribution in [3.05, 3.63) is 48.2 Å². The van der Waals surface area contributed by atoms with Crippen molar-refractivity contribution in [3.8, 4) is 11.3 Å². The maximum atomic E-state index is 14.2. The Bertz CT molecular complexity index is 922. The van der Waals surface area contributed by atoms with Gasteiger partial charge in [0, 0.05) is 17.3 Å². The van der Waals surface area contributed by atoms with Crippen molar-refractivity contribution in [1.29, 1.82) is 0 Å². The molecule has 0 radical (unpaired) electrons. The van der Waals surface area contributed by atoms with Crippen LogP contribution in [0, 0.1) is 0 Å². The van der Waals surface area contributed by atoms with Crippen LogP contribution in [0.15, 0.2) is 47.5 Å².